The maximum Gasteiger partial charge on any atom is 0.252 e. The number of methoxy groups -OCH3 is 1. The van der Waals surface area contributed by atoms with Crippen LogP contribution in [0.5, 0.6) is 0 Å². The summed E-state index contributed by atoms with van der Waals surface area (Å²) in [5, 5.41) is 2.77. The van der Waals surface area contributed by atoms with Gasteiger partial charge in [0.1, 0.15) is 6.79 Å². The van der Waals surface area contributed by atoms with Gasteiger partial charge in [0.25, 0.3) is 5.91 Å². The molecule has 0 unspecified atom stereocenters. The molecular formula is C13H15NO3. The van der Waals surface area contributed by atoms with Gasteiger partial charge in [-0.3, -0.25) is 4.79 Å². The molecule has 1 aromatic carbocycles. The van der Waals surface area contributed by atoms with E-state index in [1.807, 2.05) is 42.5 Å². The van der Waals surface area contributed by atoms with Gasteiger partial charge < -0.3 is 14.8 Å². The van der Waals surface area contributed by atoms with Crippen LogP contribution in [0.1, 0.15) is 5.56 Å². The highest BCUT2D eigenvalue weighted by molar-refractivity contribution is 5.89. The van der Waals surface area contributed by atoms with Crippen molar-refractivity contribution in [2.45, 2.75) is 12.1 Å². The molecular weight excluding hydrogens is 218 g/mol. The van der Waals surface area contributed by atoms with E-state index in [9.17, 15) is 4.79 Å². The quantitative estimate of drug-likeness (QED) is 0.614. The van der Waals surface area contributed by atoms with E-state index < -0.39 is 6.10 Å². The fourth-order valence-electron chi connectivity index (χ4n) is 1.64. The minimum Gasteiger partial charge on any atom is -0.359 e. The lowest BCUT2D eigenvalue weighted by Gasteiger charge is -2.34. The van der Waals surface area contributed by atoms with Crippen molar-refractivity contribution >= 4 is 12.0 Å². The largest absolute Gasteiger partial charge is 0.359 e. The van der Waals surface area contributed by atoms with Gasteiger partial charge in [-0.15, -0.1) is 0 Å². The van der Waals surface area contributed by atoms with Gasteiger partial charge in [0.15, 0.2) is 6.10 Å². The molecule has 90 valence electrons. The van der Waals surface area contributed by atoms with Gasteiger partial charge in [0, 0.05) is 7.11 Å². The van der Waals surface area contributed by atoms with Crippen LogP contribution in [0.25, 0.3) is 6.08 Å². The lowest BCUT2D eigenvalue weighted by atomic mass is 10.0. The Labute approximate surface area is 100 Å². The van der Waals surface area contributed by atoms with Crippen LogP contribution >= 0.6 is 0 Å². The molecule has 0 saturated carbocycles. The van der Waals surface area contributed by atoms with E-state index in [1.54, 1.807) is 0 Å². The van der Waals surface area contributed by atoms with E-state index in [1.165, 1.54) is 7.11 Å². The molecule has 1 N–H and O–H groups in total. The van der Waals surface area contributed by atoms with Crippen LogP contribution in [0, 0.1) is 0 Å². The maximum atomic E-state index is 11.2. The molecule has 0 bridgehead atoms. The fraction of sp³-hybridized carbons (Fsp3) is 0.308. The Morgan fingerprint density at radius 2 is 2.12 bits per heavy atom. The second-order valence-electron chi connectivity index (χ2n) is 3.80. The predicted molar refractivity (Wildman–Crippen MR) is 64.2 cm³/mol. The molecule has 1 aliphatic rings. The Morgan fingerprint density at radius 1 is 1.35 bits per heavy atom. The summed E-state index contributed by atoms with van der Waals surface area (Å²) in [6.07, 6.45) is 3.46. The summed E-state index contributed by atoms with van der Waals surface area (Å²) in [6, 6.07) is 9.84. The number of nitrogens with one attached hydrogen (secondary N) is 1. The molecule has 0 radical (unpaired) electrons. The normalized spacial score (nSPS) is 23.5. The third-order valence-electron chi connectivity index (χ3n) is 2.55. The van der Waals surface area contributed by atoms with Crippen molar-refractivity contribution in [2.24, 2.45) is 0 Å². The zero-order chi connectivity index (χ0) is 12.1. The van der Waals surface area contributed by atoms with Gasteiger partial charge in [-0.05, 0) is 5.56 Å². The van der Waals surface area contributed by atoms with E-state index in [-0.39, 0.29) is 18.7 Å². The van der Waals surface area contributed by atoms with Crippen LogP contribution in [-0.2, 0) is 14.3 Å². The zero-order valence-corrected chi connectivity index (χ0v) is 9.63. The summed E-state index contributed by atoms with van der Waals surface area (Å²) in [6.45, 7) is 0.133. The van der Waals surface area contributed by atoms with Crippen molar-refractivity contribution in [1.29, 1.82) is 0 Å². The molecule has 0 spiro atoms. The minimum atomic E-state index is -0.435. The first-order valence-corrected chi connectivity index (χ1v) is 5.45. The van der Waals surface area contributed by atoms with Gasteiger partial charge in [0.2, 0.25) is 0 Å². The molecule has 2 atom stereocenters. The summed E-state index contributed by atoms with van der Waals surface area (Å²) < 4.78 is 10.0. The third kappa shape index (κ3) is 2.93. The standard InChI is InChI=1S/C13H15NO3/c1-16-9-17-12-11(14-13(12)15)8-7-10-5-3-2-4-6-10/h2-8,11-12H,9H2,1H3,(H,14,15)/b8-7+/t11-,12+/m0/s1. The number of carbonyl (C=O) groups excluding carboxylic acids is 1. The van der Waals surface area contributed by atoms with Crippen LogP contribution in [-0.4, -0.2) is 32.0 Å². The summed E-state index contributed by atoms with van der Waals surface area (Å²) in [4.78, 5) is 11.2. The van der Waals surface area contributed by atoms with Crippen molar-refractivity contribution in [3.63, 3.8) is 0 Å². The highest BCUT2D eigenvalue weighted by Crippen LogP contribution is 2.14. The first-order valence-electron chi connectivity index (χ1n) is 5.45. The first-order chi connectivity index (χ1) is 8.31. The van der Waals surface area contributed by atoms with Gasteiger partial charge >= 0.3 is 0 Å². The van der Waals surface area contributed by atoms with Gasteiger partial charge in [-0.1, -0.05) is 42.5 Å². The summed E-state index contributed by atoms with van der Waals surface area (Å²) in [5.41, 5.74) is 1.10. The van der Waals surface area contributed by atoms with E-state index >= 15 is 0 Å². The van der Waals surface area contributed by atoms with Crippen molar-refractivity contribution in [2.75, 3.05) is 13.9 Å². The SMILES string of the molecule is COCO[C@H]1C(=O)N[C@H]1/C=C/c1ccccc1. The number of carbonyl (C=O) groups is 1. The van der Waals surface area contributed by atoms with E-state index in [0.717, 1.165) is 5.56 Å². The van der Waals surface area contributed by atoms with Crippen molar-refractivity contribution < 1.29 is 14.3 Å². The Balaban J connectivity index is 1.91. The Hall–Kier alpha value is -1.65. The number of β-lactam (4-membered cyclic amide) rings is 1. The number of benzene rings is 1. The van der Waals surface area contributed by atoms with Crippen molar-refractivity contribution in [3.8, 4) is 0 Å². The Morgan fingerprint density at radius 3 is 2.76 bits per heavy atom. The number of ether oxygens (including phenoxy) is 2. The molecule has 1 saturated heterocycles. The fourth-order valence-corrected chi connectivity index (χ4v) is 1.64. The lowest BCUT2D eigenvalue weighted by molar-refractivity contribution is -0.157. The van der Waals surface area contributed by atoms with E-state index in [2.05, 4.69) is 5.32 Å². The number of hydrogen-bond donors (Lipinski definition) is 1. The molecule has 1 heterocycles. The number of hydrogen-bond acceptors (Lipinski definition) is 3. The molecule has 0 aliphatic carbocycles. The van der Waals surface area contributed by atoms with E-state index in [0.29, 0.717) is 0 Å². The number of amides is 1. The smallest absolute Gasteiger partial charge is 0.252 e. The second-order valence-corrected chi connectivity index (χ2v) is 3.80. The van der Waals surface area contributed by atoms with Crippen LogP contribution < -0.4 is 5.32 Å². The zero-order valence-electron chi connectivity index (χ0n) is 9.63. The minimum absolute atomic E-state index is 0.0714. The summed E-state index contributed by atoms with van der Waals surface area (Å²) >= 11 is 0. The highest BCUT2D eigenvalue weighted by Gasteiger charge is 2.38. The number of rotatable bonds is 5. The van der Waals surface area contributed by atoms with Crippen molar-refractivity contribution in [3.05, 3.63) is 42.0 Å². The van der Waals surface area contributed by atoms with Crippen molar-refractivity contribution in [1.82, 2.24) is 5.32 Å². The molecule has 17 heavy (non-hydrogen) atoms. The van der Waals surface area contributed by atoms with Crippen LogP contribution in [0.4, 0.5) is 0 Å². The van der Waals surface area contributed by atoms with Crippen LogP contribution in [0.15, 0.2) is 36.4 Å². The highest BCUT2D eigenvalue weighted by atomic mass is 16.7. The average Bonchev–Trinajstić information content (AvgIpc) is 2.36. The lowest BCUT2D eigenvalue weighted by Crippen LogP contribution is -2.62. The van der Waals surface area contributed by atoms with Gasteiger partial charge in [-0.2, -0.15) is 0 Å². The first kappa shape index (κ1) is 11.8. The van der Waals surface area contributed by atoms with Crippen LogP contribution in [0.2, 0.25) is 0 Å². The second kappa shape index (κ2) is 5.61. The van der Waals surface area contributed by atoms with Crippen LogP contribution in [0.3, 0.4) is 0 Å². The molecule has 2 rings (SSSR count). The van der Waals surface area contributed by atoms with E-state index in [4.69, 9.17) is 9.47 Å². The molecule has 4 nitrogen and oxygen atoms in total. The topological polar surface area (TPSA) is 47.6 Å². The monoisotopic (exact) mass is 233 g/mol. The third-order valence-corrected chi connectivity index (χ3v) is 2.55. The molecule has 1 fully saturated rings. The summed E-state index contributed by atoms with van der Waals surface area (Å²) in [5.74, 6) is -0.0928. The molecule has 1 aliphatic heterocycles. The average molecular weight is 233 g/mol. The summed E-state index contributed by atoms with van der Waals surface area (Å²) in [7, 11) is 1.53. The maximum absolute atomic E-state index is 11.2. The van der Waals surface area contributed by atoms with Gasteiger partial charge in [0.05, 0.1) is 6.04 Å². The molecule has 1 aromatic rings. The Bertz CT molecular complexity index is 402. The molecule has 1 amide bonds. The predicted octanol–water partition coefficient (Wildman–Crippen LogP) is 1.19. The Kier molecular flexibility index (Phi) is 3.90. The molecule has 4 heteroatoms. The van der Waals surface area contributed by atoms with Gasteiger partial charge in [-0.25, -0.2) is 0 Å². The molecule has 0 aromatic heterocycles.